The van der Waals surface area contributed by atoms with Crippen molar-refractivity contribution < 1.29 is 14.3 Å². The van der Waals surface area contributed by atoms with Crippen LogP contribution in [0.5, 0.6) is 5.75 Å². The SMILES string of the molecule is [C-]#[N+]c1ccc(OCCC(=O)N2CCC(C3C(=O)Nc4ccccc43)CC2)cc1. The maximum Gasteiger partial charge on any atom is 0.232 e. The second-order valence-corrected chi connectivity index (χ2v) is 7.48. The van der Waals surface area contributed by atoms with E-state index in [0.717, 1.165) is 24.1 Å². The molecule has 2 heterocycles. The Morgan fingerprint density at radius 2 is 1.86 bits per heavy atom. The molecule has 0 spiro atoms. The summed E-state index contributed by atoms with van der Waals surface area (Å²) in [6.45, 7) is 8.62. The van der Waals surface area contributed by atoms with Gasteiger partial charge in [-0.05, 0) is 42.5 Å². The molecule has 0 saturated carbocycles. The summed E-state index contributed by atoms with van der Waals surface area (Å²) in [6.07, 6.45) is 1.98. The van der Waals surface area contributed by atoms with Crippen LogP contribution < -0.4 is 10.1 Å². The van der Waals surface area contributed by atoms with Crippen LogP contribution in [0.3, 0.4) is 0 Å². The first-order valence-electron chi connectivity index (χ1n) is 9.93. The number of anilines is 1. The number of ether oxygens (including phenoxy) is 1. The fourth-order valence-electron chi connectivity index (χ4n) is 4.22. The zero-order valence-electron chi connectivity index (χ0n) is 16.1. The molecule has 1 fully saturated rings. The van der Waals surface area contributed by atoms with E-state index in [2.05, 4.69) is 10.2 Å². The number of piperidine rings is 1. The van der Waals surface area contributed by atoms with Gasteiger partial charge in [0, 0.05) is 18.8 Å². The highest BCUT2D eigenvalue weighted by molar-refractivity contribution is 6.03. The fraction of sp³-hybridized carbons (Fsp3) is 0.348. The van der Waals surface area contributed by atoms with E-state index in [4.69, 9.17) is 11.3 Å². The third kappa shape index (κ3) is 4.09. The van der Waals surface area contributed by atoms with E-state index in [9.17, 15) is 9.59 Å². The number of fused-ring (bicyclic) bond motifs is 1. The highest BCUT2D eigenvalue weighted by Gasteiger charge is 2.38. The van der Waals surface area contributed by atoms with Gasteiger partial charge in [-0.1, -0.05) is 30.3 Å². The predicted octanol–water partition coefficient (Wildman–Crippen LogP) is 3.98. The summed E-state index contributed by atoms with van der Waals surface area (Å²) in [4.78, 5) is 30.2. The Morgan fingerprint density at radius 1 is 1.14 bits per heavy atom. The third-order valence-electron chi connectivity index (χ3n) is 5.75. The number of para-hydroxylation sites is 1. The maximum absolute atomic E-state index is 12.5. The minimum atomic E-state index is -0.106. The van der Waals surface area contributed by atoms with Crippen LogP contribution in [0.25, 0.3) is 4.85 Å². The number of hydrogen-bond acceptors (Lipinski definition) is 3. The Morgan fingerprint density at radius 3 is 2.59 bits per heavy atom. The molecule has 2 aliphatic rings. The lowest BCUT2D eigenvalue weighted by Gasteiger charge is -2.34. The van der Waals surface area contributed by atoms with Crippen LogP contribution in [0.4, 0.5) is 11.4 Å². The van der Waals surface area contributed by atoms with Gasteiger partial charge in [0.2, 0.25) is 11.8 Å². The van der Waals surface area contributed by atoms with Crippen molar-refractivity contribution in [1.29, 1.82) is 0 Å². The van der Waals surface area contributed by atoms with Crippen molar-refractivity contribution in [2.45, 2.75) is 25.2 Å². The lowest BCUT2D eigenvalue weighted by atomic mass is 9.81. The van der Waals surface area contributed by atoms with E-state index in [1.165, 1.54) is 0 Å². The molecular formula is C23H23N3O3. The zero-order chi connectivity index (χ0) is 20.2. The molecule has 6 nitrogen and oxygen atoms in total. The van der Waals surface area contributed by atoms with Crippen molar-refractivity contribution in [3.63, 3.8) is 0 Å². The summed E-state index contributed by atoms with van der Waals surface area (Å²) in [5.74, 6) is 0.978. The van der Waals surface area contributed by atoms with Crippen molar-refractivity contribution in [2.75, 3.05) is 25.0 Å². The monoisotopic (exact) mass is 389 g/mol. The summed E-state index contributed by atoms with van der Waals surface area (Å²) >= 11 is 0. The van der Waals surface area contributed by atoms with Gasteiger partial charge in [-0.25, -0.2) is 4.85 Å². The predicted molar refractivity (Wildman–Crippen MR) is 110 cm³/mol. The summed E-state index contributed by atoms with van der Waals surface area (Å²) in [6, 6.07) is 14.8. The van der Waals surface area contributed by atoms with E-state index in [0.29, 0.717) is 37.6 Å². The fourth-order valence-corrected chi connectivity index (χ4v) is 4.22. The number of nitrogens with zero attached hydrogens (tertiary/aromatic N) is 2. The van der Waals surface area contributed by atoms with E-state index < -0.39 is 0 Å². The molecule has 4 rings (SSSR count). The van der Waals surface area contributed by atoms with Crippen LogP contribution >= 0.6 is 0 Å². The quantitative estimate of drug-likeness (QED) is 0.787. The van der Waals surface area contributed by atoms with Crippen LogP contribution in [0, 0.1) is 12.5 Å². The second-order valence-electron chi connectivity index (χ2n) is 7.48. The number of rotatable bonds is 5. The molecular weight excluding hydrogens is 366 g/mol. The lowest BCUT2D eigenvalue weighted by molar-refractivity contribution is -0.133. The van der Waals surface area contributed by atoms with Crippen LogP contribution in [0.15, 0.2) is 48.5 Å². The Labute approximate surface area is 170 Å². The molecule has 2 aliphatic heterocycles. The van der Waals surface area contributed by atoms with Crippen molar-refractivity contribution >= 4 is 23.2 Å². The average Bonchev–Trinajstić information content (AvgIpc) is 3.10. The molecule has 2 amide bonds. The number of benzene rings is 2. The van der Waals surface area contributed by atoms with E-state index in [1.807, 2.05) is 29.2 Å². The molecule has 0 aromatic heterocycles. The van der Waals surface area contributed by atoms with Crippen LogP contribution in [-0.4, -0.2) is 36.4 Å². The molecule has 2 aromatic carbocycles. The van der Waals surface area contributed by atoms with Gasteiger partial charge < -0.3 is 15.0 Å². The summed E-state index contributed by atoms with van der Waals surface area (Å²) in [5.41, 5.74) is 2.57. The number of nitrogens with one attached hydrogen (secondary N) is 1. The summed E-state index contributed by atoms with van der Waals surface area (Å²) < 4.78 is 5.62. The normalized spacial score (nSPS) is 18.7. The van der Waals surface area contributed by atoms with Gasteiger partial charge in [0.05, 0.1) is 25.5 Å². The first kappa shape index (κ1) is 19.0. The summed E-state index contributed by atoms with van der Waals surface area (Å²) in [5, 5.41) is 2.98. The molecule has 6 heteroatoms. The van der Waals surface area contributed by atoms with Gasteiger partial charge in [0.25, 0.3) is 0 Å². The summed E-state index contributed by atoms with van der Waals surface area (Å²) in [7, 11) is 0. The smallest absolute Gasteiger partial charge is 0.232 e. The highest BCUT2D eigenvalue weighted by atomic mass is 16.5. The van der Waals surface area contributed by atoms with Crippen molar-refractivity contribution in [3.8, 4) is 5.75 Å². The Balaban J connectivity index is 1.25. The third-order valence-corrected chi connectivity index (χ3v) is 5.75. The lowest BCUT2D eigenvalue weighted by Crippen LogP contribution is -2.41. The van der Waals surface area contributed by atoms with Gasteiger partial charge in [0.1, 0.15) is 5.75 Å². The minimum Gasteiger partial charge on any atom is -0.493 e. The van der Waals surface area contributed by atoms with E-state index in [-0.39, 0.29) is 23.7 Å². The molecule has 1 saturated heterocycles. The van der Waals surface area contributed by atoms with Crippen molar-refractivity contribution in [3.05, 3.63) is 65.5 Å². The molecule has 2 aromatic rings. The minimum absolute atomic E-state index is 0.0774. The largest absolute Gasteiger partial charge is 0.493 e. The standard InChI is InChI=1S/C23H23N3O3/c1-24-17-6-8-18(9-7-17)29-15-12-21(27)26-13-10-16(11-14-26)22-19-4-2-3-5-20(19)25-23(22)28/h2-9,16,22H,10-15H2,(H,25,28). The first-order valence-corrected chi connectivity index (χ1v) is 9.93. The van der Waals surface area contributed by atoms with Gasteiger partial charge >= 0.3 is 0 Å². The molecule has 0 bridgehead atoms. The van der Waals surface area contributed by atoms with Gasteiger partial charge in [-0.15, -0.1) is 0 Å². The maximum atomic E-state index is 12.5. The highest BCUT2D eigenvalue weighted by Crippen LogP contribution is 2.41. The Hall–Kier alpha value is -3.33. The topological polar surface area (TPSA) is 63.0 Å². The second kappa shape index (κ2) is 8.36. The van der Waals surface area contributed by atoms with Crippen LogP contribution in [-0.2, 0) is 9.59 Å². The Bertz CT molecular complexity index is 941. The van der Waals surface area contributed by atoms with Gasteiger partial charge in [-0.2, -0.15) is 0 Å². The molecule has 0 aliphatic carbocycles. The van der Waals surface area contributed by atoms with Crippen molar-refractivity contribution in [1.82, 2.24) is 4.90 Å². The van der Waals surface area contributed by atoms with E-state index in [1.54, 1.807) is 24.3 Å². The molecule has 1 atom stereocenters. The number of likely N-dealkylation sites (tertiary alicyclic amines) is 1. The number of carbonyl (C=O) groups excluding carboxylic acids is 2. The number of carbonyl (C=O) groups is 2. The Kier molecular flexibility index (Phi) is 5.48. The zero-order valence-corrected chi connectivity index (χ0v) is 16.1. The average molecular weight is 389 g/mol. The molecule has 1 N–H and O–H groups in total. The molecule has 0 radical (unpaired) electrons. The van der Waals surface area contributed by atoms with E-state index >= 15 is 0 Å². The van der Waals surface area contributed by atoms with Gasteiger partial charge in [0.15, 0.2) is 5.69 Å². The molecule has 1 unspecified atom stereocenters. The number of hydrogen-bond donors (Lipinski definition) is 1. The number of amides is 2. The first-order chi connectivity index (χ1) is 14.2. The van der Waals surface area contributed by atoms with Gasteiger partial charge in [-0.3, -0.25) is 9.59 Å². The van der Waals surface area contributed by atoms with Crippen molar-refractivity contribution in [2.24, 2.45) is 5.92 Å². The molecule has 148 valence electrons. The molecule has 29 heavy (non-hydrogen) atoms. The van der Waals surface area contributed by atoms with Crippen LogP contribution in [0.1, 0.15) is 30.7 Å². The van der Waals surface area contributed by atoms with Crippen LogP contribution in [0.2, 0.25) is 0 Å².